The van der Waals surface area contributed by atoms with Gasteiger partial charge in [-0.15, -0.1) is 0 Å². The van der Waals surface area contributed by atoms with Crippen LogP contribution in [0.3, 0.4) is 0 Å². The minimum absolute atomic E-state index is 0.0798. The second-order valence-corrected chi connectivity index (χ2v) is 6.96. The van der Waals surface area contributed by atoms with E-state index in [1.54, 1.807) is 7.11 Å². The first-order valence-corrected chi connectivity index (χ1v) is 9.69. The number of ether oxygens (including phenoxy) is 2. The molecule has 1 amide bonds. The molecular weight excluding hydrogens is 364 g/mol. The van der Waals surface area contributed by atoms with Crippen LogP contribution in [0.25, 0.3) is 0 Å². The van der Waals surface area contributed by atoms with E-state index in [4.69, 9.17) is 9.47 Å². The van der Waals surface area contributed by atoms with Gasteiger partial charge >= 0.3 is 0 Å². The van der Waals surface area contributed by atoms with Crippen molar-refractivity contribution in [3.63, 3.8) is 0 Å². The Bertz CT molecular complexity index is 975. The Labute approximate surface area is 170 Å². The van der Waals surface area contributed by atoms with Crippen molar-refractivity contribution in [2.45, 2.75) is 12.6 Å². The summed E-state index contributed by atoms with van der Waals surface area (Å²) in [6.45, 7) is 1.83. The van der Waals surface area contributed by atoms with E-state index >= 15 is 0 Å². The smallest absolute Gasteiger partial charge is 0.246 e. The lowest BCUT2D eigenvalue weighted by atomic mass is 10.0. The van der Waals surface area contributed by atoms with E-state index in [-0.39, 0.29) is 5.91 Å². The Morgan fingerprint density at radius 1 is 1.03 bits per heavy atom. The minimum Gasteiger partial charge on any atom is -0.497 e. The van der Waals surface area contributed by atoms with Crippen molar-refractivity contribution in [2.24, 2.45) is 0 Å². The molecule has 0 aliphatic carbocycles. The summed E-state index contributed by atoms with van der Waals surface area (Å²) in [7, 11) is 1.61. The number of para-hydroxylation sites is 1. The molecule has 1 heterocycles. The van der Waals surface area contributed by atoms with E-state index in [0.29, 0.717) is 31.1 Å². The molecule has 1 aliphatic rings. The van der Waals surface area contributed by atoms with Crippen LogP contribution in [0.1, 0.15) is 17.2 Å². The number of carbonyl (C=O) groups is 1. The topological polar surface area (TPSA) is 50.8 Å². The largest absolute Gasteiger partial charge is 0.497 e. The first-order chi connectivity index (χ1) is 14.2. The molecule has 148 valence electrons. The number of anilines is 1. The fourth-order valence-corrected chi connectivity index (χ4v) is 3.64. The van der Waals surface area contributed by atoms with Gasteiger partial charge in [0.15, 0.2) is 0 Å². The Morgan fingerprint density at radius 2 is 1.83 bits per heavy atom. The number of carbonyl (C=O) groups excluding carboxylic acids is 1. The Morgan fingerprint density at radius 3 is 2.66 bits per heavy atom. The molecule has 3 aromatic carbocycles. The molecule has 1 aliphatic heterocycles. The van der Waals surface area contributed by atoms with E-state index in [2.05, 4.69) is 16.3 Å². The second kappa shape index (κ2) is 8.80. The summed E-state index contributed by atoms with van der Waals surface area (Å²) in [5.74, 6) is 1.51. The number of hydrogen-bond acceptors (Lipinski definition) is 4. The van der Waals surface area contributed by atoms with E-state index in [9.17, 15) is 4.79 Å². The van der Waals surface area contributed by atoms with Crippen molar-refractivity contribution >= 4 is 11.6 Å². The highest BCUT2D eigenvalue weighted by Gasteiger charge is 2.30. The van der Waals surface area contributed by atoms with Crippen LogP contribution < -0.4 is 14.8 Å². The predicted molar refractivity (Wildman–Crippen MR) is 113 cm³/mol. The van der Waals surface area contributed by atoms with Crippen molar-refractivity contribution in [1.82, 2.24) is 4.90 Å². The zero-order chi connectivity index (χ0) is 20.1. The summed E-state index contributed by atoms with van der Waals surface area (Å²) < 4.78 is 11.2. The van der Waals surface area contributed by atoms with Gasteiger partial charge in [0.05, 0.1) is 7.11 Å². The molecule has 1 unspecified atom stereocenters. The quantitative estimate of drug-likeness (QED) is 0.709. The molecule has 0 saturated heterocycles. The molecule has 0 bridgehead atoms. The van der Waals surface area contributed by atoms with Crippen LogP contribution in [0.2, 0.25) is 0 Å². The number of hydrogen-bond donors (Lipinski definition) is 1. The van der Waals surface area contributed by atoms with E-state index in [1.807, 2.05) is 72.8 Å². The normalized spacial score (nSPS) is 14.8. The molecule has 0 fully saturated rings. The van der Waals surface area contributed by atoms with Gasteiger partial charge in [0.2, 0.25) is 5.91 Å². The molecule has 4 rings (SSSR count). The maximum atomic E-state index is 13.4. The average Bonchev–Trinajstić information content (AvgIpc) is 2.97. The lowest BCUT2D eigenvalue weighted by molar-refractivity contribution is -0.121. The molecule has 1 N–H and O–H groups in total. The fourth-order valence-electron chi connectivity index (χ4n) is 3.64. The Kier molecular flexibility index (Phi) is 5.77. The van der Waals surface area contributed by atoms with Gasteiger partial charge < -0.3 is 14.8 Å². The van der Waals surface area contributed by atoms with Crippen molar-refractivity contribution < 1.29 is 14.3 Å². The highest BCUT2D eigenvalue weighted by Crippen LogP contribution is 2.30. The number of methoxy groups -OCH3 is 1. The number of fused-ring (bicyclic) bond motifs is 1. The number of amides is 1. The monoisotopic (exact) mass is 388 g/mol. The number of nitrogens with zero attached hydrogens (tertiary/aromatic N) is 1. The molecule has 0 aromatic heterocycles. The molecule has 5 nitrogen and oxygen atoms in total. The van der Waals surface area contributed by atoms with Gasteiger partial charge in [-0.2, -0.15) is 0 Å². The standard InChI is InChI=1S/C24H24N2O3/c1-28-21-12-7-11-20(16-21)25-24(27)23(18-8-3-2-4-9-18)26-14-15-29-22-13-6-5-10-19(22)17-26/h2-13,16,23H,14-15,17H2,1H3,(H,25,27). The lowest BCUT2D eigenvalue weighted by Gasteiger charge is -2.29. The zero-order valence-corrected chi connectivity index (χ0v) is 16.4. The molecule has 0 spiro atoms. The van der Waals surface area contributed by atoms with E-state index in [0.717, 1.165) is 16.9 Å². The summed E-state index contributed by atoms with van der Waals surface area (Å²) in [5.41, 5.74) is 2.74. The van der Waals surface area contributed by atoms with Gasteiger partial charge in [-0.05, 0) is 23.8 Å². The molecular formula is C24H24N2O3. The Hall–Kier alpha value is -3.31. The fraction of sp³-hybridized carbons (Fsp3) is 0.208. The molecule has 3 aromatic rings. The third-order valence-electron chi connectivity index (χ3n) is 5.05. The van der Waals surface area contributed by atoms with Gasteiger partial charge in [-0.1, -0.05) is 54.6 Å². The second-order valence-electron chi connectivity index (χ2n) is 6.96. The first kappa shape index (κ1) is 19.0. The molecule has 29 heavy (non-hydrogen) atoms. The van der Waals surface area contributed by atoms with Gasteiger partial charge in [0, 0.05) is 30.4 Å². The van der Waals surface area contributed by atoms with Crippen LogP contribution in [0.15, 0.2) is 78.9 Å². The van der Waals surface area contributed by atoms with Gasteiger partial charge in [-0.3, -0.25) is 9.69 Å². The molecule has 0 radical (unpaired) electrons. The van der Waals surface area contributed by atoms with Crippen LogP contribution in [0, 0.1) is 0 Å². The molecule has 0 saturated carbocycles. The molecule has 5 heteroatoms. The first-order valence-electron chi connectivity index (χ1n) is 9.69. The van der Waals surface area contributed by atoms with E-state index in [1.165, 1.54) is 0 Å². The zero-order valence-electron chi connectivity index (χ0n) is 16.4. The minimum atomic E-state index is -0.433. The van der Waals surface area contributed by atoms with Crippen LogP contribution in [0.4, 0.5) is 5.69 Å². The summed E-state index contributed by atoms with van der Waals surface area (Å²) >= 11 is 0. The van der Waals surface area contributed by atoms with E-state index < -0.39 is 6.04 Å². The summed E-state index contributed by atoms with van der Waals surface area (Å²) in [4.78, 5) is 15.6. The Balaban J connectivity index is 1.64. The van der Waals surface area contributed by atoms with Crippen molar-refractivity contribution in [3.05, 3.63) is 90.0 Å². The maximum absolute atomic E-state index is 13.4. The third kappa shape index (κ3) is 4.41. The van der Waals surface area contributed by atoms with Crippen molar-refractivity contribution in [2.75, 3.05) is 25.6 Å². The number of rotatable bonds is 5. The summed E-state index contributed by atoms with van der Waals surface area (Å²) in [6.07, 6.45) is 0. The van der Waals surface area contributed by atoms with Crippen molar-refractivity contribution in [1.29, 1.82) is 0 Å². The average molecular weight is 388 g/mol. The summed E-state index contributed by atoms with van der Waals surface area (Å²) in [5, 5.41) is 3.06. The van der Waals surface area contributed by atoms with Crippen LogP contribution in [-0.2, 0) is 11.3 Å². The predicted octanol–water partition coefficient (Wildman–Crippen LogP) is 4.27. The van der Waals surface area contributed by atoms with Crippen LogP contribution >= 0.6 is 0 Å². The lowest BCUT2D eigenvalue weighted by Crippen LogP contribution is -2.38. The van der Waals surface area contributed by atoms with Crippen LogP contribution in [0.5, 0.6) is 11.5 Å². The van der Waals surface area contributed by atoms with Crippen LogP contribution in [-0.4, -0.2) is 31.1 Å². The summed E-state index contributed by atoms with van der Waals surface area (Å²) in [6, 6.07) is 24.8. The highest BCUT2D eigenvalue weighted by molar-refractivity contribution is 5.95. The third-order valence-corrected chi connectivity index (χ3v) is 5.05. The number of benzene rings is 3. The maximum Gasteiger partial charge on any atom is 0.246 e. The van der Waals surface area contributed by atoms with Gasteiger partial charge in [0.1, 0.15) is 24.1 Å². The highest BCUT2D eigenvalue weighted by atomic mass is 16.5. The number of nitrogens with one attached hydrogen (secondary N) is 1. The molecule has 1 atom stereocenters. The van der Waals surface area contributed by atoms with Gasteiger partial charge in [0.25, 0.3) is 0 Å². The van der Waals surface area contributed by atoms with Gasteiger partial charge in [-0.25, -0.2) is 0 Å². The SMILES string of the molecule is COc1cccc(NC(=O)C(c2ccccc2)N2CCOc3ccccc3C2)c1. The van der Waals surface area contributed by atoms with Crippen molar-refractivity contribution in [3.8, 4) is 11.5 Å².